The van der Waals surface area contributed by atoms with Crippen molar-refractivity contribution >= 4 is 25.0 Å². The fourth-order valence-electron chi connectivity index (χ4n) is 3.67. The molecule has 0 aliphatic carbocycles. The molecule has 3 aromatic rings. The summed E-state index contributed by atoms with van der Waals surface area (Å²) in [4.78, 5) is 26.0. The highest BCUT2D eigenvalue weighted by molar-refractivity contribution is 6.88. The second-order valence-corrected chi connectivity index (χ2v) is 14.4. The maximum Gasteiger partial charge on any atom is 0.230 e. The third kappa shape index (κ3) is 6.89. The molecule has 1 atom stereocenters. The highest BCUT2D eigenvalue weighted by atomic mass is 28.3. The molecule has 1 heterocycles. The molecular formula is C25H29F2N3O4Si. The molecule has 2 aromatic carbocycles. The minimum Gasteiger partial charge on any atom is -0.425 e. The molecule has 0 saturated carbocycles. The van der Waals surface area contributed by atoms with Gasteiger partial charge >= 0.3 is 0 Å². The number of halogens is 2. The number of carbonyl (C=O) groups excluding carboxylic acids is 2. The number of aromatic nitrogens is 2. The molecule has 0 saturated heterocycles. The number of nitrogens with zero attached hydrogens (tertiary/aromatic N) is 2. The Kier molecular flexibility index (Phi) is 8.29. The Morgan fingerprint density at radius 1 is 1.06 bits per heavy atom. The summed E-state index contributed by atoms with van der Waals surface area (Å²) in [6, 6.07) is 8.13. The molecule has 0 aliphatic heterocycles. The van der Waals surface area contributed by atoms with Crippen LogP contribution in [0.1, 0.15) is 34.5 Å². The van der Waals surface area contributed by atoms with Gasteiger partial charge in [0.25, 0.3) is 0 Å². The molecule has 7 nitrogen and oxygen atoms in total. The molecular weight excluding hydrogens is 472 g/mol. The molecule has 0 bridgehead atoms. The number of methoxy groups -OCH3 is 1. The van der Waals surface area contributed by atoms with Crippen LogP contribution < -0.4 is 10.5 Å². The van der Waals surface area contributed by atoms with Crippen LogP contribution in [0.5, 0.6) is 0 Å². The van der Waals surface area contributed by atoms with E-state index in [9.17, 15) is 18.4 Å². The predicted octanol–water partition coefficient (Wildman–Crippen LogP) is 3.56. The summed E-state index contributed by atoms with van der Waals surface area (Å²) in [6.07, 6.45) is -0.612. The fraction of sp³-hybridized carbons (Fsp3) is 0.360. The molecule has 3 rings (SSSR count). The highest BCUT2D eigenvalue weighted by Crippen LogP contribution is 2.21. The van der Waals surface area contributed by atoms with Crippen LogP contribution in [0.15, 0.2) is 40.8 Å². The number of Topliss-reactive ketones (excluding diaryl/α,β-unsaturated/α-hetero) is 1. The second-order valence-electron chi connectivity index (χ2n) is 9.38. The van der Waals surface area contributed by atoms with Gasteiger partial charge in [0, 0.05) is 20.5 Å². The fourth-order valence-corrected chi connectivity index (χ4v) is 5.02. The Bertz CT molecular complexity index is 1210. The van der Waals surface area contributed by atoms with Gasteiger partial charge in [-0.15, -0.1) is 10.2 Å². The van der Waals surface area contributed by atoms with Gasteiger partial charge in [-0.2, -0.15) is 0 Å². The molecule has 1 N–H and O–H groups in total. The molecule has 186 valence electrons. The smallest absolute Gasteiger partial charge is 0.230 e. The minimum absolute atomic E-state index is 0.0581. The van der Waals surface area contributed by atoms with Crippen molar-refractivity contribution in [1.29, 1.82) is 0 Å². The number of ether oxygens (including phenoxy) is 1. The van der Waals surface area contributed by atoms with Crippen LogP contribution in [0, 0.1) is 18.6 Å². The van der Waals surface area contributed by atoms with Crippen molar-refractivity contribution in [3.05, 3.63) is 76.5 Å². The lowest BCUT2D eigenvalue weighted by atomic mass is 9.96. The Morgan fingerprint density at radius 3 is 2.31 bits per heavy atom. The first-order valence-electron chi connectivity index (χ1n) is 11.1. The van der Waals surface area contributed by atoms with Crippen LogP contribution in [-0.2, 0) is 33.8 Å². The molecule has 1 aromatic heterocycles. The zero-order valence-corrected chi connectivity index (χ0v) is 21.4. The lowest BCUT2D eigenvalue weighted by Crippen LogP contribution is -2.40. The summed E-state index contributed by atoms with van der Waals surface area (Å²) < 4.78 is 39.9. The van der Waals surface area contributed by atoms with E-state index in [2.05, 4.69) is 15.5 Å². The summed E-state index contributed by atoms with van der Waals surface area (Å²) in [5.74, 6) is -1.75. The number of nitrogens with one attached hydrogen (secondary N) is 1. The minimum atomic E-state index is -2.10. The van der Waals surface area contributed by atoms with Crippen LogP contribution in [0.4, 0.5) is 8.78 Å². The van der Waals surface area contributed by atoms with E-state index < -0.39 is 37.4 Å². The van der Waals surface area contributed by atoms with Crippen LogP contribution in [0.2, 0.25) is 19.6 Å². The average Bonchev–Trinajstić information content (AvgIpc) is 3.18. The Labute approximate surface area is 203 Å². The van der Waals surface area contributed by atoms with E-state index in [0.29, 0.717) is 23.2 Å². The first kappa shape index (κ1) is 26.4. The van der Waals surface area contributed by atoms with Crippen LogP contribution in [-0.4, -0.2) is 37.1 Å². The lowest BCUT2D eigenvalue weighted by Gasteiger charge is -2.20. The number of rotatable bonds is 10. The van der Waals surface area contributed by atoms with E-state index in [1.54, 1.807) is 38.3 Å². The van der Waals surface area contributed by atoms with Crippen molar-refractivity contribution in [2.24, 2.45) is 0 Å². The zero-order valence-electron chi connectivity index (χ0n) is 20.4. The van der Waals surface area contributed by atoms with E-state index in [1.807, 2.05) is 19.6 Å². The Hall–Kier alpha value is -3.24. The van der Waals surface area contributed by atoms with Gasteiger partial charge in [0.05, 0.1) is 14.7 Å². The lowest BCUT2D eigenvalue weighted by molar-refractivity contribution is -0.127. The maximum absolute atomic E-state index is 14.9. The maximum atomic E-state index is 14.9. The van der Waals surface area contributed by atoms with E-state index in [4.69, 9.17) is 9.15 Å². The van der Waals surface area contributed by atoms with Crippen LogP contribution in [0.3, 0.4) is 0 Å². The number of ketones is 1. The number of benzene rings is 2. The molecule has 0 spiro atoms. The summed E-state index contributed by atoms with van der Waals surface area (Å²) in [5, 5.41) is 10.5. The number of hydrogen-bond donors (Lipinski definition) is 1. The summed E-state index contributed by atoms with van der Waals surface area (Å²) in [5.41, 5.74) is 1.33. The van der Waals surface area contributed by atoms with E-state index in [1.165, 1.54) is 6.07 Å². The van der Waals surface area contributed by atoms with Crippen molar-refractivity contribution in [3.8, 4) is 0 Å². The third-order valence-electron chi connectivity index (χ3n) is 5.44. The molecule has 0 aliphatic rings. The van der Waals surface area contributed by atoms with E-state index in [-0.39, 0.29) is 24.3 Å². The van der Waals surface area contributed by atoms with Crippen molar-refractivity contribution < 1.29 is 27.5 Å². The van der Waals surface area contributed by atoms with Crippen molar-refractivity contribution in [1.82, 2.24) is 15.5 Å². The molecule has 1 amide bonds. The SMILES string of the molecule is COCc1ccc([C@@H](NC(=O)Cc2nnc(C)o2)C(=O)Cc2cc(F)c([Si](C)(C)C)cc2F)cc1. The van der Waals surface area contributed by atoms with Crippen molar-refractivity contribution in [2.45, 2.75) is 52.1 Å². The van der Waals surface area contributed by atoms with E-state index >= 15 is 0 Å². The summed E-state index contributed by atoms with van der Waals surface area (Å²) >= 11 is 0. The largest absolute Gasteiger partial charge is 0.425 e. The van der Waals surface area contributed by atoms with Gasteiger partial charge in [0.1, 0.15) is 24.1 Å². The predicted molar refractivity (Wildman–Crippen MR) is 129 cm³/mol. The molecule has 0 radical (unpaired) electrons. The molecule has 10 heteroatoms. The van der Waals surface area contributed by atoms with Crippen LogP contribution in [0.25, 0.3) is 0 Å². The number of carbonyl (C=O) groups is 2. The van der Waals surface area contributed by atoms with Gasteiger partial charge in [-0.25, -0.2) is 8.78 Å². The molecule has 35 heavy (non-hydrogen) atoms. The topological polar surface area (TPSA) is 94.3 Å². The summed E-state index contributed by atoms with van der Waals surface area (Å²) in [6.45, 7) is 7.73. The quantitative estimate of drug-likeness (QED) is 0.427. The number of amides is 1. The highest BCUT2D eigenvalue weighted by Gasteiger charge is 2.27. The van der Waals surface area contributed by atoms with Crippen LogP contribution >= 0.6 is 0 Å². The zero-order chi connectivity index (χ0) is 25.8. The molecule has 0 fully saturated rings. The normalized spacial score (nSPS) is 12.4. The van der Waals surface area contributed by atoms with Gasteiger partial charge in [-0.3, -0.25) is 9.59 Å². The summed E-state index contributed by atoms with van der Waals surface area (Å²) in [7, 11) is -0.533. The van der Waals surface area contributed by atoms with Crippen molar-refractivity contribution in [2.75, 3.05) is 7.11 Å². The second kappa shape index (κ2) is 11.0. The average molecular weight is 502 g/mol. The Morgan fingerprint density at radius 2 is 1.74 bits per heavy atom. The van der Waals surface area contributed by atoms with Gasteiger partial charge in [0.15, 0.2) is 5.78 Å². The van der Waals surface area contributed by atoms with Gasteiger partial charge < -0.3 is 14.5 Å². The van der Waals surface area contributed by atoms with E-state index in [0.717, 1.165) is 11.6 Å². The standard InChI is InChI=1S/C25H29F2N3O4Si/c1-15-29-30-24(34-15)13-23(32)28-25(17-8-6-16(7-9-17)14-33-2)21(31)11-18-10-20(27)22(12-19(18)26)35(3,4)5/h6-10,12,25H,11,13-14H2,1-5H3,(H,28,32)/t25-/m1/s1. The van der Waals surface area contributed by atoms with Gasteiger partial charge in [0.2, 0.25) is 17.7 Å². The Balaban J connectivity index is 1.86. The number of hydrogen-bond acceptors (Lipinski definition) is 6. The first-order chi connectivity index (χ1) is 16.5. The third-order valence-corrected chi connectivity index (χ3v) is 7.44. The van der Waals surface area contributed by atoms with Crippen molar-refractivity contribution in [3.63, 3.8) is 0 Å². The molecule has 0 unspecified atom stereocenters. The first-order valence-corrected chi connectivity index (χ1v) is 14.6. The van der Waals surface area contributed by atoms with Gasteiger partial charge in [-0.05, 0) is 34.0 Å². The monoisotopic (exact) mass is 501 g/mol. The van der Waals surface area contributed by atoms with Gasteiger partial charge in [-0.1, -0.05) is 43.9 Å². The number of aryl methyl sites for hydroxylation is 1.